The number of hydrogen-bond donors (Lipinski definition) is 3. The number of hydrogen-bond acceptors (Lipinski definition) is 13. The van der Waals surface area contributed by atoms with Crippen LogP contribution in [0.25, 0.3) is 21.6 Å². The number of sulfone groups is 1. The van der Waals surface area contributed by atoms with Crippen molar-refractivity contribution in [3.05, 3.63) is 47.0 Å². The number of aromatic nitrogens is 2. The van der Waals surface area contributed by atoms with Crippen LogP contribution in [0.4, 0.5) is 4.79 Å². The van der Waals surface area contributed by atoms with Crippen LogP contribution in [0.1, 0.15) is 88.8 Å². The van der Waals surface area contributed by atoms with Gasteiger partial charge in [-0.05, 0) is 63.5 Å². The number of sulfonamides is 1. The number of rotatable bonds is 9. The highest BCUT2D eigenvalue weighted by Gasteiger charge is 2.62. The van der Waals surface area contributed by atoms with E-state index in [-0.39, 0.29) is 56.3 Å². The summed E-state index contributed by atoms with van der Waals surface area (Å²) >= 11 is 1.46. The fraction of sp³-hybridized carbons (Fsp3) is 0.581. The minimum atomic E-state index is -3.94. The van der Waals surface area contributed by atoms with E-state index in [0.29, 0.717) is 65.2 Å². The van der Waals surface area contributed by atoms with E-state index in [9.17, 15) is 36.0 Å². The second-order valence-electron chi connectivity index (χ2n) is 17.7. The van der Waals surface area contributed by atoms with Crippen molar-refractivity contribution in [3.63, 3.8) is 0 Å². The summed E-state index contributed by atoms with van der Waals surface area (Å²) in [4.78, 5) is 69.8. The average molecular weight is 926 g/mol. The molecule has 17 nitrogen and oxygen atoms in total. The quantitative estimate of drug-likeness (QED) is 0.260. The van der Waals surface area contributed by atoms with E-state index < -0.39 is 78.5 Å². The summed E-state index contributed by atoms with van der Waals surface area (Å²) in [6.07, 6.45) is 7.06. The molecule has 3 aliphatic heterocycles. The van der Waals surface area contributed by atoms with Gasteiger partial charge < -0.3 is 29.9 Å². The Morgan fingerprint density at radius 1 is 1.05 bits per heavy atom. The van der Waals surface area contributed by atoms with Gasteiger partial charge in [-0.2, -0.15) is 0 Å². The van der Waals surface area contributed by atoms with Crippen LogP contribution in [0.5, 0.6) is 11.5 Å². The maximum atomic E-state index is 14.9. The van der Waals surface area contributed by atoms with Gasteiger partial charge in [-0.3, -0.25) is 19.1 Å². The Morgan fingerprint density at radius 2 is 1.81 bits per heavy atom. The van der Waals surface area contributed by atoms with Gasteiger partial charge in [0.15, 0.2) is 9.84 Å². The van der Waals surface area contributed by atoms with E-state index in [4.69, 9.17) is 19.4 Å². The number of fused-ring (bicyclic) bond motifs is 3. The third-order valence-electron chi connectivity index (χ3n) is 12.8. The number of carbonyl (C=O) groups excluding carboxylic acids is 4. The van der Waals surface area contributed by atoms with Crippen molar-refractivity contribution < 1.29 is 45.5 Å². The lowest BCUT2D eigenvalue weighted by molar-refractivity contribution is -0.141. The standard InChI is InChI=1S/C43H55N7O10S3/c1-25(2)33-24-61-39(45-33)32-21-36(30-14-15-35(59-4)26(3)37(30)44-32)60-28-20-34-38(51)47-43(41(53)48-63(57,58)29-12-13-29)22-27(43)10-8-6-5-7-9-11-31(40(52)50(34)23-28)46-42(54)49-16-18-62(55,56)19-17-49/h8,10,14-15,21,24-25,27-29,31,34H,5-7,9,11-13,16-20,22-23H2,1-4H3,(H,46,54)(H,47,51)(H,48,53)/b10-8+/t27-,28-,31+,34+,43-/m1/s1. The summed E-state index contributed by atoms with van der Waals surface area (Å²) in [5.74, 6) is -1.57. The monoisotopic (exact) mass is 925 g/mol. The van der Waals surface area contributed by atoms with Crippen molar-refractivity contribution in [2.45, 2.75) is 113 Å². The summed E-state index contributed by atoms with van der Waals surface area (Å²) in [7, 11) is -5.64. The van der Waals surface area contributed by atoms with E-state index in [2.05, 4.69) is 29.2 Å². The van der Waals surface area contributed by atoms with Crippen LogP contribution in [-0.4, -0.2) is 128 Å². The minimum absolute atomic E-state index is 0.00381. The van der Waals surface area contributed by atoms with E-state index in [1.807, 2.05) is 36.6 Å². The van der Waals surface area contributed by atoms with E-state index in [0.717, 1.165) is 17.7 Å². The van der Waals surface area contributed by atoms with Crippen LogP contribution >= 0.6 is 11.3 Å². The van der Waals surface area contributed by atoms with Crippen LogP contribution < -0.4 is 24.8 Å². The maximum Gasteiger partial charge on any atom is 0.318 e. The molecule has 2 saturated carbocycles. The fourth-order valence-corrected chi connectivity index (χ4v) is 12.2. The summed E-state index contributed by atoms with van der Waals surface area (Å²) in [6.45, 7) is 5.93. The van der Waals surface area contributed by atoms with E-state index >= 15 is 0 Å². The van der Waals surface area contributed by atoms with Crippen molar-refractivity contribution >= 4 is 65.9 Å². The van der Waals surface area contributed by atoms with Crippen molar-refractivity contribution in [3.8, 4) is 22.2 Å². The van der Waals surface area contributed by atoms with Gasteiger partial charge in [-0.25, -0.2) is 31.6 Å². The minimum Gasteiger partial charge on any atom is -0.496 e. The molecular weight excluding hydrogens is 871 g/mol. The van der Waals surface area contributed by atoms with Gasteiger partial charge in [0, 0.05) is 47.8 Å². The first kappa shape index (κ1) is 44.8. The van der Waals surface area contributed by atoms with Crippen LogP contribution in [0.3, 0.4) is 0 Å². The first-order chi connectivity index (χ1) is 30.0. The number of methoxy groups -OCH3 is 1. The number of benzene rings is 1. The first-order valence-electron chi connectivity index (χ1n) is 21.7. The Bertz CT molecular complexity index is 2550. The van der Waals surface area contributed by atoms with Crippen molar-refractivity contribution in [2.75, 3.05) is 38.2 Å². The molecule has 3 N–H and O–H groups in total. The van der Waals surface area contributed by atoms with Crippen molar-refractivity contribution in [2.24, 2.45) is 5.92 Å². The molecule has 0 bridgehead atoms. The molecule has 340 valence electrons. The Hall–Kier alpha value is -4.82. The van der Waals surface area contributed by atoms with Crippen LogP contribution in [0.15, 0.2) is 35.7 Å². The molecule has 20 heteroatoms. The summed E-state index contributed by atoms with van der Waals surface area (Å²) in [5, 5.41) is 8.47. The predicted molar refractivity (Wildman–Crippen MR) is 237 cm³/mol. The van der Waals surface area contributed by atoms with Gasteiger partial charge in [-0.1, -0.05) is 38.8 Å². The lowest BCUT2D eigenvalue weighted by Gasteiger charge is -2.32. The second kappa shape index (κ2) is 17.6. The molecule has 0 unspecified atom stereocenters. The zero-order valence-corrected chi connectivity index (χ0v) is 38.4. The molecule has 0 spiro atoms. The molecule has 3 aromatic rings. The molecule has 5 aliphatic rings. The highest BCUT2D eigenvalue weighted by atomic mass is 32.2. The predicted octanol–water partition coefficient (Wildman–Crippen LogP) is 3.96. The number of carbonyl (C=O) groups is 4. The molecule has 63 heavy (non-hydrogen) atoms. The number of amides is 5. The van der Waals surface area contributed by atoms with Crippen molar-refractivity contribution in [1.29, 1.82) is 0 Å². The second-order valence-corrected chi connectivity index (χ2v) is 22.8. The first-order valence-corrected chi connectivity index (χ1v) is 25.9. The molecule has 5 amide bonds. The molecule has 5 heterocycles. The third-order valence-corrected chi connectivity index (χ3v) is 17.1. The summed E-state index contributed by atoms with van der Waals surface area (Å²) in [6, 6.07) is 2.65. The van der Waals surface area contributed by atoms with Crippen molar-refractivity contribution in [1.82, 2.24) is 35.1 Å². The number of nitrogens with zero attached hydrogens (tertiary/aromatic N) is 4. The highest BCUT2D eigenvalue weighted by Crippen LogP contribution is 2.46. The fourth-order valence-electron chi connectivity index (χ4n) is 8.66. The lowest BCUT2D eigenvalue weighted by Crippen LogP contribution is -2.59. The number of urea groups is 1. The Morgan fingerprint density at radius 3 is 2.51 bits per heavy atom. The van der Waals surface area contributed by atoms with E-state index in [1.54, 1.807) is 13.2 Å². The number of nitrogens with one attached hydrogen (secondary N) is 3. The molecule has 1 aromatic carbocycles. The van der Waals surface area contributed by atoms with Gasteiger partial charge in [-0.15, -0.1) is 11.3 Å². The number of thiazole rings is 1. The molecule has 4 fully saturated rings. The molecule has 2 aliphatic carbocycles. The zero-order valence-electron chi connectivity index (χ0n) is 35.9. The van der Waals surface area contributed by atoms with Crippen LogP contribution in [-0.2, 0) is 34.2 Å². The molecule has 2 aromatic heterocycles. The average Bonchev–Trinajstić information content (AvgIpc) is 4.12. The highest BCUT2D eigenvalue weighted by molar-refractivity contribution is 7.91. The van der Waals surface area contributed by atoms with Gasteiger partial charge >= 0.3 is 6.03 Å². The maximum absolute atomic E-state index is 14.9. The third kappa shape index (κ3) is 9.53. The SMILES string of the molecule is COc1ccc2c(O[C@@H]3C[C@H]4C(=O)N[C@]5(C(=O)NS(=O)(=O)C6CC6)C[C@H]5/C=C/CCCCC[C@H](NC(=O)N5CCS(=O)(=O)CC5)C(=O)N4C3)cc(-c3nc(C(C)C)cs3)nc2c1C. The van der Waals surface area contributed by atoms with Gasteiger partial charge in [0.05, 0.1) is 41.6 Å². The largest absolute Gasteiger partial charge is 0.496 e. The topological polar surface area (TPSA) is 223 Å². The number of aryl methyl sites for hydroxylation is 1. The Kier molecular flexibility index (Phi) is 12.5. The smallest absolute Gasteiger partial charge is 0.318 e. The van der Waals surface area contributed by atoms with Gasteiger partial charge in [0.25, 0.3) is 5.91 Å². The number of pyridine rings is 1. The Labute approximate surface area is 371 Å². The summed E-state index contributed by atoms with van der Waals surface area (Å²) < 4.78 is 65.0. The Balaban J connectivity index is 1.14. The van der Waals surface area contributed by atoms with Gasteiger partial charge in [0.1, 0.15) is 45.9 Å². The molecular formula is C43H55N7O10S3. The van der Waals surface area contributed by atoms with Gasteiger partial charge in [0.2, 0.25) is 21.8 Å². The van der Waals surface area contributed by atoms with Crippen LogP contribution in [0, 0.1) is 12.8 Å². The molecule has 5 atom stereocenters. The number of ether oxygens (including phenoxy) is 2. The van der Waals surface area contributed by atoms with E-state index in [1.165, 1.54) is 21.1 Å². The molecule has 8 rings (SSSR count). The zero-order chi connectivity index (χ0) is 44.8. The number of allylic oxidation sites excluding steroid dienone is 1. The summed E-state index contributed by atoms with van der Waals surface area (Å²) in [5.41, 5.74) is 1.34. The molecule has 2 saturated heterocycles. The lowest BCUT2D eigenvalue weighted by atomic mass is 10.0. The van der Waals surface area contributed by atoms with Crippen LogP contribution in [0.2, 0.25) is 0 Å². The normalized spacial score (nSPS) is 27.1. The molecule has 0 radical (unpaired) electrons.